The number of rotatable bonds is 15. The SMILES string of the molecule is CC(C)COCCOc1ccc(OC[C@@H](O)CN(CCN)Cc2ccccc2)cc1. The molecule has 3 N–H and O–H groups in total. The van der Waals surface area contributed by atoms with Gasteiger partial charge in [-0.05, 0) is 35.7 Å². The number of hydrogen-bond donors (Lipinski definition) is 2. The van der Waals surface area contributed by atoms with E-state index in [1.54, 1.807) is 0 Å². The molecule has 0 spiro atoms. The Balaban J connectivity index is 1.70. The van der Waals surface area contributed by atoms with E-state index in [0.717, 1.165) is 25.4 Å². The molecule has 2 aromatic carbocycles. The zero-order valence-electron chi connectivity index (χ0n) is 18.2. The van der Waals surface area contributed by atoms with E-state index in [1.165, 1.54) is 5.56 Å². The van der Waals surface area contributed by atoms with Gasteiger partial charge in [-0.25, -0.2) is 0 Å². The van der Waals surface area contributed by atoms with Crippen LogP contribution >= 0.6 is 0 Å². The van der Waals surface area contributed by atoms with Crippen LogP contribution in [0.2, 0.25) is 0 Å². The first-order valence-electron chi connectivity index (χ1n) is 10.6. The summed E-state index contributed by atoms with van der Waals surface area (Å²) in [6.45, 7) is 8.82. The zero-order chi connectivity index (χ0) is 21.6. The molecule has 0 radical (unpaired) electrons. The van der Waals surface area contributed by atoms with Crippen LogP contribution < -0.4 is 15.2 Å². The topological polar surface area (TPSA) is 77.2 Å². The van der Waals surface area contributed by atoms with Crippen LogP contribution in [0.3, 0.4) is 0 Å². The fourth-order valence-electron chi connectivity index (χ4n) is 2.97. The lowest BCUT2D eigenvalue weighted by Crippen LogP contribution is -2.38. The van der Waals surface area contributed by atoms with Crippen molar-refractivity contribution in [2.45, 2.75) is 26.5 Å². The largest absolute Gasteiger partial charge is 0.491 e. The van der Waals surface area contributed by atoms with Gasteiger partial charge in [0.2, 0.25) is 0 Å². The number of nitrogens with zero attached hydrogens (tertiary/aromatic N) is 1. The first kappa shape index (κ1) is 24.2. The van der Waals surface area contributed by atoms with Crippen molar-refractivity contribution in [3.8, 4) is 11.5 Å². The minimum atomic E-state index is -0.603. The van der Waals surface area contributed by atoms with Gasteiger partial charge in [-0.2, -0.15) is 0 Å². The summed E-state index contributed by atoms with van der Waals surface area (Å²) in [5.74, 6) is 2.00. The molecule has 30 heavy (non-hydrogen) atoms. The third-order valence-corrected chi connectivity index (χ3v) is 4.38. The van der Waals surface area contributed by atoms with Crippen molar-refractivity contribution in [1.29, 1.82) is 0 Å². The molecule has 6 nitrogen and oxygen atoms in total. The van der Waals surface area contributed by atoms with Gasteiger partial charge in [0.25, 0.3) is 0 Å². The third kappa shape index (κ3) is 10.1. The maximum absolute atomic E-state index is 10.4. The highest BCUT2D eigenvalue weighted by Gasteiger charge is 2.13. The summed E-state index contributed by atoms with van der Waals surface area (Å²) < 4.78 is 16.9. The van der Waals surface area contributed by atoms with Crippen molar-refractivity contribution in [1.82, 2.24) is 4.90 Å². The first-order chi connectivity index (χ1) is 14.6. The molecule has 0 aliphatic rings. The smallest absolute Gasteiger partial charge is 0.119 e. The lowest BCUT2D eigenvalue weighted by molar-refractivity contribution is 0.0666. The van der Waals surface area contributed by atoms with Crippen LogP contribution in [0.5, 0.6) is 11.5 Å². The minimum absolute atomic E-state index is 0.221. The quantitative estimate of drug-likeness (QED) is 0.435. The van der Waals surface area contributed by atoms with Gasteiger partial charge in [0.15, 0.2) is 0 Å². The predicted molar refractivity (Wildman–Crippen MR) is 120 cm³/mol. The highest BCUT2D eigenvalue weighted by Crippen LogP contribution is 2.18. The molecule has 0 unspecified atom stereocenters. The molecule has 0 amide bonds. The lowest BCUT2D eigenvalue weighted by atomic mass is 10.2. The lowest BCUT2D eigenvalue weighted by Gasteiger charge is -2.24. The Morgan fingerprint density at radius 1 is 0.900 bits per heavy atom. The predicted octanol–water partition coefficient (Wildman–Crippen LogP) is 2.94. The van der Waals surface area contributed by atoms with Gasteiger partial charge < -0.3 is 25.1 Å². The molecular formula is C24H36N2O4. The molecule has 0 aromatic heterocycles. The summed E-state index contributed by atoms with van der Waals surface area (Å²) in [4.78, 5) is 2.14. The molecule has 0 fully saturated rings. The number of aliphatic hydroxyl groups is 1. The third-order valence-electron chi connectivity index (χ3n) is 4.38. The molecular weight excluding hydrogens is 380 g/mol. The highest BCUT2D eigenvalue weighted by atomic mass is 16.5. The summed E-state index contributed by atoms with van der Waals surface area (Å²) in [5.41, 5.74) is 6.93. The van der Waals surface area contributed by atoms with Gasteiger partial charge in [-0.15, -0.1) is 0 Å². The van der Waals surface area contributed by atoms with Gasteiger partial charge in [0.1, 0.15) is 30.8 Å². The van der Waals surface area contributed by atoms with Crippen LogP contribution in [0.15, 0.2) is 54.6 Å². The van der Waals surface area contributed by atoms with Gasteiger partial charge in [0.05, 0.1) is 6.61 Å². The first-order valence-corrected chi connectivity index (χ1v) is 10.6. The van der Waals surface area contributed by atoms with E-state index >= 15 is 0 Å². The molecule has 1 atom stereocenters. The molecule has 0 bridgehead atoms. The summed E-state index contributed by atoms with van der Waals surface area (Å²) in [5, 5.41) is 10.4. The van der Waals surface area contributed by atoms with Crippen molar-refractivity contribution < 1.29 is 19.3 Å². The van der Waals surface area contributed by atoms with Crippen molar-refractivity contribution in [2.75, 3.05) is 46.1 Å². The maximum atomic E-state index is 10.4. The van der Waals surface area contributed by atoms with E-state index < -0.39 is 6.10 Å². The van der Waals surface area contributed by atoms with E-state index in [2.05, 4.69) is 30.9 Å². The van der Waals surface area contributed by atoms with Gasteiger partial charge >= 0.3 is 0 Å². The molecule has 0 saturated carbocycles. The van der Waals surface area contributed by atoms with Crippen molar-refractivity contribution in [3.05, 3.63) is 60.2 Å². The van der Waals surface area contributed by atoms with Crippen LogP contribution in [0.25, 0.3) is 0 Å². The maximum Gasteiger partial charge on any atom is 0.119 e. The standard InChI is InChI=1S/C24H36N2O4/c1-20(2)18-28-14-15-29-23-8-10-24(11-9-23)30-19-22(27)17-26(13-12-25)16-21-6-4-3-5-7-21/h3-11,20,22,27H,12-19,25H2,1-2H3/t22-/m0/s1. The number of aliphatic hydroxyl groups excluding tert-OH is 1. The van der Waals surface area contributed by atoms with Gasteiger partial charge in [-0.3, -0.25) is 4.90 Å². The minimum Gasteiger partial charge on any atom is -0.491 e. The molecule has 2 rings (SSSR count). The summed E-state index contributed by atoms with van der Waals surface area (Å²) in [7, 11) is 0. The number of benzene rings is 2. The van der Waals surface area contributed by atoms with Crippen LogP contribution in [0.1, 0.15) is 19.4 Å². The van der Waals surface area contributed by atoms with E-state index in [-0.39, 0.29) is 6.61 Å². The normalized spacial score (nSPS) is 12.3. The van der Waals surface area contributed by atoms with Gasteiger partial charge in [-0.1, -0.05) is 44.2 Å². The molecule has 0 aliphatic heterocycles. The Kier molecular flexibility index (Phi) is 11.3. The van der Waals surface area contributed by atoms with Crippen LogP contribution in [0.4, 0.5) is 0 Å². The Labute approximate surface area is 180 Å². The van der Waals surface area contributed by atoms with E-state index in [0.29, 0.717) is 38.0 Å². The Bertz CT molecular complexity index is 679. The van der Waals surface area contributed by atoms with Crippen LogP contribution in [-0.2, 0) is 11.3 Å². The van der Waals surface area contributed by atoms with Crippen molar-refractivity contribution >= 4 is 0 Å². The summed E-state index contributed by atoms with van der Waals surface area (Å²) in [6.07, 6.45) is -0.603. The molecule has 166 valence electrons. The van der Waals surface area contributed by atoms with E-state index in [4.69, 9.17) is 19.9 Å². The second-order valence-electron chi connectivity index (χ2n) is 7.76. The Hall–Kier alpha value is -2.12. The highest BCUT2D eigenvalue weighted by molar-refractivity contribution is 5.31. The Morgan fingerprint density at radius 2 is 1.57 bits per heavy atom. The average Bonchev–Trinajstić information content (AvgIpc) is 2.73. The molecule has 0 aliphatic carbocycles. The number of ether oxygens (including phenoxy) is 3. The fourth-order valence-corrected chi connectivity index (χ4v) is 2.97. The summed E-state index contributed by atoms with van der Waals surface area (Å²) >= 11 is 0. The Morgan fingerprint density at radius 3 is 2.20 bits per heavy atom. The van der Waals surface area contributed by atoms with Gasteiger partial charge in [0, 0.05) is 32.8 Å². The van der Waals surface area contributed by atoms with Crippen molar-refractivity contribution in [2.24, 2.45) is 11.7 Å². The van der Waals surface area contributed by atoms with Crippen LogP contribution in [0, 0.1) is 5.92 Å². The van der Waals surface area contributed by atoms with Crippen molar-refractivity contribution in [3.63, 3.8) is 0 Å². The average molecular weight is 417 g/mol. The zero-order valence-corrected chi connectivity index (χ0v) is 18.2. The molecule has 6 heteroatoms. The monoisotopic (exact) mass is 416 g/mol. The van der Waals surface area contributed by atoms with E-state index in [9.17, 15) is 5.11 Å². The van der Waals surface area contributed by atoms with E-state index in [1.807, 2.05) is 42.5 Å². The molecule has 0 heterocycles. The molecule has 2 aromatic rings. The number of nitrogens with two attached hydrogens (primary N) is 1. The summed E-state index contributed by atoms with van der Waals surface area (Å²) in [6, 6.07) is 17.6. The number of hydrogen-bond acceptors (Lipinski definition) is 6. The molecule has 0 saturated heterocycles. The van der Waals surface area contributed by atoms with Crippen LogP contribution in [-0.4, -0.2) is 62.2 Å². The second kappa shape index (κ2) is 14.0. The second-order valence-corrected chi connectivity index (χ2v) is 7.76. The fraction of sp³-hybridized carbons (Fsp3) is 0.500.